The van der Waals surface area contributed by atoms with Gasteiger partial charge in [0.1, 0.15) is 0 Å². The van der Waals surface area contributed by atoms with Crippen LogP contribution in [0.5, 0.6) is 11.5 Å². The fourth-order valence-electron chi connectivity index (χ4n) is 1.85. The number of hydrogen-bond donors (Lipinski definition) is 0. The minimum Gasteiger partial charge on any atom is -0.493 e. The highest BCUT2D eigenvalue weighted by atomic mass is 79.9. The maximum atomic E-state index is 5.63. The molecule has 0 fully saturated rings. The van der Waals surface area contributed by atoms with E-state index in [-0.39, 0.29) is 6.29 Å². The summed E-state index contributed by atoms with van der Waals surface area (Å²) in [6.07, 6.45) is 1.71. The molecule has 0 aliphatic rings. The van der Waals surface area contributed by atoms with Crippen molar-refractivity contribution in [2.24, 2.45) is 0 Å². The largest absolute Gasteiger partial charge is 0.493 e. The molecule has 0 aromatic heterocycles. The monoisotopic (exact) mass is 346 g/mol. The number of alkyl halides is 1. The number of hydrogen-bond acceptors (Lipinski definition) is 4. The summed E-state index contributed by atoms with van der Waals surface area (Å²) in [5.74, 6) is 1.52. The number of methoxy groups -OCH3 is 2. The second-order valence-electron chi connectivity index (χ2n) is 4.20. The number of ether oxygens (including phenoxy) is 4. The van der Waals surface area contributed by atoms with E-state index in [0.29, 0.717) is 18.5 Å². The van der Waals surface area contributed by atoms with E-state index in [1.807, 2.05) is 25.1 Å². The second-order valence-corrected chi connectivity index (χ2v) is 4.85. The van der Waals surface area contributed by atoms with Gasteiger partial charge < -0.3 is 18.9 Å². The van der Waals surface area contributed by atoms with Crippen molar-refractivity contribution in [1.29, 1.82) is 0 Å². The molecule has 0 aliphatic heterocycles. The SMILES string of the molecule is CCOC(CBr)OCCCc1ccc(OC)c(OC)c1. The molecule has 0 saturated heterocycles. The van der Waals surface area contributed by atoms with Crippen molar-refractivity contribution in [2.75, 3.05) is 32.8 Å². The van der Waals surface area contributed by atoms with Crippen LogP contribution in [0.2, 0.25) is 0 Å². The zero-order chi connectivity index (χ0) is 14.8. The van der Waals surface area contributed by atoms with E-state index in [1.165, 1.54) is 5.56 Å². The Bertz CT molecular complexity index is 384. The van der Waals surface area contributed by atoms with Crippen molar-refractivity contribution >= 4 is 15.9 Å². The van der Waals surface area contributed by atoms with Crippen LogP contribution >= 0.6 is 15.9 Å². The quantitative estimate of drug-likeness (QED) is 0.369. The molecule has 1 atom stereocenters. The Kier molecular flexibility index (Phi) is 8.65. The number of halogens is 1. The van der Waals surface area contributed by atoms with Crippen LogP contribution in [-0.4, -0.2) is 39.1 Å². The van der Waals surface area contributed by atoms with Gasteiger partial charge in [-0.05, 0) is 37.5 Å². The average Bonchev–Trinajstić information content (AvgIpc) is 2.50. The third kappa shape index (κ3) is 5.69. The lowest BCUT2D eigenvalue weighted by atomic mass is 10.1. The molecule has 1 rings (SSSR count). The molecule has 0 amide bonds. The highest BCUT2D eigenvalue weighted by Gasteiger charge is 2.07. The molecule has 1 aromatic rings. The van der Waals surface area contributed by atoms with E-state index < -0.39 is 0 Å². The third-order valence-corrected chi connectivity index (χ3v) is 3.37. The molecular weight excluding hydrogens is 324 g/mol. The summed E-state index contributed by atoms with van der Waals surface area (Å²) in [5.41, 5.74) is 1.21. The highest BCUT2D eigenvalue weighted by Crippen LogP contribution is 2.27. The Labute approximate surface area is 129 Å². The fourth-order valence-corrected chi connectivity index (χ4v) is 2.22. The van der Waals surface area contributed by atoms with Crippen molar-refractivity contribution in [3.05, 3.63) is 23.8 Å². The van der Waals surface area contributed by atoms with Crippen LogP contribution in [-0.2, 0) is 15.9 Å². The first kappa shape index (κ1) is 17.3. The van der Waals surface area contributed by atoms with Gasteiger partial charge >= 0.3 is 0 Å². The van der Waals surface area contributed by atoms with Gasteiger partial charge in [-0.3, -0.25) is 0 Å². The smallest absolute Gasteiger partial charge is 0.167 e. The summed E-state index contributed by atoms with van der Waals surface area (Å²) in [5, 5.41) is 0.692. The zero-order valence-electron chi connectivity index (χ0n) is 12.4. The van der Waals surface area contributed by atoms with Gasteiger partial charge in [0.25, 0.3) is 0 Å². The summed E-state index contributed by atoms with van der Waals surface area (Å²) in [7, 11) is 3.28. The van der Waals surface area contributed by atoms with E-state index in [1.54, 1.807) is 14.2 Å². The van der Waals surface area contributed by atoms with E-state index in [4.69, 9.17) is 18.9 Å². The predicted octanol–water partition coefficient (Wildman–Crippen LogP) is 3.41. The van der Waals surface area contributed by atoms with E-state index >= 15 is 0 Å². The standard InChI is InChI=1S/C15H23BrO4/c1-4-19-15(11-16)20-9-5-6-12-7-8-13(17-2)14(10-12)18-3/h7-8,10,15H,4-6,9,11H2,1-3H3. The molecule has 0 saturated carbocycles. The van der Waals surface area contributed by atoms with Crippen LogP contribution in [0.15, 0.2) is 18.2 Å². The Morgan fingerprint density at radius 2 is 1.85 bits per heavy atom. The highest BCUT2D eigenvalue weighted by molar-refractivity contribution is 9.09. The number of aryl methyl sites for hydroxylation is 1. The van der Waals surface area contributed by atoms with Gasteiger partial charge in [-0.25, -0.2) is 0 Å². The lowest BCUT2D eigenvalue weighted by Gasteiger charge is -2.15. The molecule has 20 heavy (non-hydrogen) atoms. The van der Waals surface area contributed by atoms with Gasteiger partial charge in [-0.2, -0.15) is 0 Å². The molecule has 5 heteroatoms. The molecule has 0 spiro atoms. The molecule has 0 radical (unpaired) electrons. The maximum Gasteiger partial charge on any atom is 0.167 e. The van der Waals surface area contributed by atoms with E-state index in [9.17, 15) is 0 Å². The van der Waals surface area contributed by atoms with Gasteiger partial charge in [0.2, 0.25) is 0 Å². The van der Waals surface area contributed by atoms with Crippen molar-refractivity contribution in [1.82, 2.24) is 0 Å². The molecule has 0 heterocycles. The van der Waals surface area contributed by atoms with E-state index in [0.717, 1.165) is 24.3 Å². The third-order valence-electron chi connectivity index (χ3n) is 2.84. The minimum atomic E-state index is -0.162. The van der Waals surface area contributed by atoms with Crippen LogP contribution in [0.4, 0.5) is 0 Å². The zero-order valence-corrected chi connectivity index (χ0v) is 13.9. The summed E-state index contributed by atoms with van der Waals surface area (Å²) in [4.78, 5) is 0. The molecule has 0 bridgehead atoms. The Morgan fingerprint density at radius 1 is 1.10 bits per heavy atom. The van der Waals surface area contributed by atoms with Crippen molar-refractivity contribution in [3.63, 3.8) is 0 Å². The molecule has 1 unspecified atom stereocenters. The first-order chi connectivity index (χ1) is 9.74. The number of benzene rings is 1. The number of rotatable bonds is 10. The van der Waals surface area contributed by atoms with Gasteiger partial charge in [0, 0.05) is 6.61 Å². The van der Waals surface area contributed by atoms with Gasteiger partial charge in [0.05, 0.1) is 26.2 Å². The Morgan fingerprint density at radius 3 is 2.45 bits per heavy atom. The summed E-state index contributed by atoms with van der Waals surface area (Å²) in [6.45, 7) is 3.29. The molecule has 1 aromatic carbocycles. The van der Waals surface area contributed by atoms with E-state index in [2.05, 4.69) is 15.9 Å². The van der Waals surface area contributed by atoms with Crippen LogP contribution in [0, 0.1) is 0 Å². The Balaban J connectivity index is 2.38. The molecular formula is C15H23BrO4. The summed E-state index contributed by atoms with van der Waals surface area (Å²) in [6, 6.07) is 5.98. The normalized spacial score (nSPS) is 12.2. The van der Waals surface area contributed by atoms with Gasteiger partial charge in [-0.1, -0.05) is 22.0 Å². The molecule has 0 aliphatic carbocycles. The van der Waals surface area contributed by atoms with Crippen LogP contribution in [0.1, 0.15) is 18.9 Å². The first-order valence-electron chi connectivity index (χ1n) is 6.75. The maximum absolute atomic E-state index is 5.63. The fraction of sp³-hybridized carbons (Fsp3) is 0.600. The predicted molar refractivity (Wildman–Crippen MR) is 83.0 cm³/mol. The summed E-state index contributed by atoms with van der Waals surface area (Å²) < 4.78 is 21.5. The van der Waals surface area contributed by atoms with Crippen molar-refractivity contribution in [3.8, 4) is 11.5 Å². The molecule has 4 nitrogen and oxygen atoms in total. The van der Waals surface area contributed by atoms with Crippen LogP contribution in [0.3, 0.4) is 0 Å². The van der Waals surface area contributed by atoms with Crippen molar-refractivity contribution < 1.29 is 18.9 Å². The average molecular weight is 347 g/mol. The summed E-state index contributed by atoms with van der Waals surface area (Å²) >= 11 is 3.37. The van der Waals surface area contributed by atoms with Gasteiger partial charge in [-0.15, -0.1) is 0 Å². The van der Waals surface area contributed by atoms with Crippen LogP contribution in [0.25, 0.3) is 0 Å². The topological polar surface area (TPSA) is 36.9 Å². The first-order valence-corrected chi connectivity index (χ1v) is 7.87. The second kappa shape index (κ2) is 10.0. The molecule has 114 valence electrons. The minimum absolute atomic E-state index is 0.162. The van der Waals surface area contributed by atoms with Gasteiger partial charge in [0.15, 0.2) is 17.8 Å². The molecule has 0 N–H and O–H groups in total. The lowest BCUT2D eigenvalue weighted by molar-refractivity contribution is -0.123. The van der Waals surface area contributed by atoms with Crippen molar-refractivity contribution in [2.45, 2.75) is 26.1 Å². The Hall–Kier alpha value is -0.780. The lowest BCUT2D eigenvalue weighted by Crippen LogP contribution is -2.19. The van der Waals surface area contributed by atoms with Crippen LogP contribution < -0.4 is 9.47 Å².